The number of hydrogen-bond donors (Lipinski definition) is 0. The van der Waals surface area contributed by atoms with Gasteiger partial charge in [-0.05, 0) is 97.7 Å². The van der Waals surface area contributed by atoms with E-state index in [1.807, 2.05) is 0 Å². The Labute approximate surface area is 160 Å². The number of ether oxygens (including phenoxy) is 1. The van der Waals surface area contributed by atoms with Gasteiger partial charge < -0.3 is 4.74 Å². The molecule has 0 bridgehead atoms. The summed E-state index contributed by atoms with van der Waals surface area (Å²) in [7, 11) is 1.52. The monoisotopic (exact) mass is 358 g/mol. The highest BCUT2D eigenvalue weighted by Gasteiger charge is 2.59. The van der Waals surface area contributed by atoms with Gasteiger partial charge in [0.15, 0.2) is 0 Å². The molecule has 0 N–H and O–H groups in total. The van der Waals surface area contributed by atoms with Crippen molar-refractivity contribution in [1.82, 2.24) is 0 Å². The molecular formula is C24H38O2. The van der Waals surface area contributed by atoms with Gasteiger partial charge in [0.1, 0.15) is 0 Å². The molecule has 0 amide bonds. The van der Waals surface area contributed by atoms with Crippen molar-refractivity contribution in [3.63, 3.8) is 0 Å². The number of carbonyl (C=O) groups excluding carboxylic acids is 1. The molecule has 4 aliphatic carbocycles. The van der Waals surface area contributed by atoms with Crippen LogP contribution in [0, 0.1) is 46.3 Å². The summed E-state index contributed by atoms with van der Waals surface area (Å²) in [6.07, 6.45) is 16.6. The standard InChI is InChI=1S/C24H38O2/c1-16(15-22(25)26-4)19-10-11-20-18-9-8-17-7-5-6-13-23(17,2)21(18)12-14-24(19,20)3/h5-6,16-21H,7-15H2,1-4H3/t16-,17-,18+,19-,20+,21+,23+,24-/m1/s1. The highest BCUT2D eigenvalue weighted by Crippen LogP contribution is 2.67. The normalized spacial score (nSPS) is 48.2. The van der Waals surface area contributed by atoms with E-state index in [1.165, 1.54) is 58.5 Å². The number of allylic oxidation sites excluding steroid dienone is 2. The van der Waals surface area contributed by atoms with Crippen molar-refractivity contribution in [2.75, 3.05) is 7.11 Å². The van der Waals surface area contributed by atoms with Gasteiger partial charge in [-0.2, -0.15) is 0 Å². The predicted molar refractivity (Wildman–Crippen MR) is 106 cm³/mol. The van der Waals surface area contributed by atoms with Crippen molar-refractivity contribution in [1.29, 1.82) is 0 Å². The zero-order valence-electron chi connectivity index (χ0n) is 17.3. The van der Waals surface area contributed by atoms with Crippen LogP contribution in [0.4, 0.5) is 0 Å². The maximum Gasteiger partial charge on any atom is 0.305 e. The van der Waals surface area contributed by atoms with Gasteiger partial charge >= 0.3 is 5.97 Å². The van der Waals surface area contributed by atoms with Crippen LogP contribution in [-0.4, -0.2) is 13.1 Å². The third kappa shape index (κ3) is 2.69. The SMILES string of the molecule is COC(=O)C[C@@H](C)[C@H]1CC[C@H]2[C@@H]3CC[C@H]4CC=CC[C@]4(C)[C@H]3CC[C@]12C. The lowest BCUT2D eigenvalue weighted by atomic mass is 9.45. The van der Waals surface area contributed by atoms with Crippen molar-refractivity contribution in [2.45, 2.75) is 78.6 Å². The van der Waals surface area contributed by atoms with Crippen molar-refractivity contribution in [2.24, 2.45) is 46.3 Å². The summed E-state index contributed by atoms with van der Waals surface area (Å²) in [6, 6.07) is 0. The second kappa shape index (κ2) is 6.67. The van der Waals surface area contributed by atoms with Gasteiger partial charge in [-0.15, -0.1) is 0 Å². The van der Waals surface area contributed by atoms with Crippen molar-refractivity contribution < 1.29 is 9.53 Å². The maximum atomic E-state index is 11.8. The first-order valence-electron chi connectivity index (χ1n) is 11.1. The minimum Gasteiger partial charge on any atom is -0.469 e. The molecule has 0 unspecified atom stereocenters. The Morgan fingerprint density at radius 1 is 1.08 bits per heavy atom. The lowest BCUT2D eigenvalue weighted by molar-refractivity contribution is -0.143. The fourth-order valence-corrected chi connectivity index (χ4v) is 8.30. The summed E-state index contributed by atoms with van der Waals surface area (Å²) in [4.78, 5) is 11.8. The highest BCUT2D eigenvalue weighted by molar-refractivity contribution is 5.69. The molecule has 0 aliphatic heterocycles. The number of fused-ring (bicyclic) bond motifs is 5. The van der Waals surface area contributed by atoms with E-state index in [-0.39, 0.29) is 5.97 Å². The Morgan fingerprint density at radius 2 is 1.85 bits per heavy atom. The van der Waals surface area contributed by atoms with Crippen molar-refractivity contribution in [3.8, 4) is 0 Å². The molecule has 0 radical (unpaired) electrons. The quantitative estimate of drug-likeness (QED) is 0.456. The average molecular weight is 359 g/mol. The third-order valence-corrected chi connectivity index (χ3v) is 9.69. The summed E-state index contributed by atoms with van der Waals surface area (Å²) >= 11 is 0. The predicted octanol–water partition coefficient (Wildman–Crippen LogP) is 6.01. The van der Waals surface area contributed by atoms with Gasteiger partial charge in [-0.25, -0.2) is 0 Å². The molecule has 0 aromatic carbocycles. The Balaban J connectivity index is 1.54. The van der Waals surface area contributed by atoms with Crippen LogP contribution in [0.2, 0.25) is 0 Å². The van der Waals surface area contributed by atoms with Crippen LogP contribution in [0.15, 0.2) is 12.2 Å². The molecule has 0 aromatic heterocycles. The van der Waals surface area contributed by atoms with Crippen LogP contribution in [0.3, 0.4) is 0 Å². The van der Waals surface area contributed by atoms with Crippen LogP contribution in [0.5, 0.6) is 0 Å². The van der Waals surface area contributed by atoms with Gasteiger partial charge in [-0.3, -0.25) is 4.79 Å². The molecular weight excluding hydrogens is 320 g/mol. The Hall–Kier alpha value is -0.790. The smallest absolute Gasteiger partial charge is 0.305 e. The minimum absolute atomic E-state index is 0.0275. The number of hydrogen-bond acceptors (Lipinski definition) is 2. The summed E-state index contributed by atoms with van der Waals surface area (Å²) in [6.45, 7) is 7.49. The number of rotatable bonds is 3. The second-order valence-corrected chi connectivity index (χ2v) is 10.6. The second-order valence-electron chi connectivity index (χ2n) is 10.6. The van der Waals surface area contributed by atoms with Crippen molar-refractivity contribution in [3.05, 3.63) is 12.2 Å². The molecule has 8 atom stereocenters. The fraction of sp³-hybridized carbons (Fsp3) is 0.875. The van der Waals surface area contributed by atoms with E-state index in [4.69, 9.17) is 4.74 Å². The molecule has 146 valence electrons. The van der Waals surface area contributed by atoms with Crippen molar-refractivity contribution >= 4 is 5.97 Å². The number of methoxy groups -OCH3 is 1. The first-order chi connectivity index (χ1) is 12.4. The molecule has 0 aromatic rings. The highest BCUT2D eigenvalue weighted by atomic mass is 16.5. The van der Waals surface area contributed by atoms with E-state index < -0.39 is 0 Å². The lowest BCUT2D eigenvalue weighted by Crippen LogP contribution is -2.52. The first-order valence-corrected chi connectivity index (χ1v) is 11.1. The van der Waals surface area contributed by atoms with Crippen LogP contribution < -0.4 is 0 Å². The van der Waals surface area contributed by atoms with Crippen LogP contribution in [-0.2, 0) is 9.53 Å². The maximum absolute atomic E-state index is 11.8. The first kappa shape index (κ1) is 18.6. The molecule has 3 saturated carbocycles. The van der Waals surface area contributed by atoms with Crippen LogP contribution in [0.25, 0.3) is 0 Å². The lowest BCUT2D eigenvalue weighted by Gasteiger charge is -2.60. The molecule has 2 nitrogen and oxygen atoms in total. The Bertz CT molecular complexity index is 581. The zero-order valence-corrected chi connectivity index (χ0v) is 17.3. The summed E-state index contributed by atoms with van der Waals surface area (Å²) in [5.41, 5.74) is 0.997. The molecule has 3 fully saturated rings. The van der Waals surface area contributed by atoms with Crippen LogP contribution in [0.1, 0.15) is 78.6 Å². The topological polar surface area (TPSA) is 26.3 Å². The third-order valence-electron chi connectivity index (χ3n) is 9.69. The Kier molecular flexibility index (Phi) is 4.77. The molecule has 2 heteroatoms. The molecule has 26 heavy (non-hydrogen) atoms. The van der Waals surface area contributed by atoms with E-state index in [0.29, 0.717) is 29.1 Å². The molecule has 4 rings (SSSR count). The van der Waals surface area contributed by atoms with Gasteiger partial charge in [0.2, 0.25) is 0 Å². The van der Waals surface area contributed by atoms with E-state index in [9.17, 15) is 4.79 Å². The summed E-state index contributed by atoms with van der Waals surface area (Å²) in [5.74, 6) is 4.79. The van der Waals surface area contributed by atoms with Gasteiger partial charge in [-0.1, -0.05) is 32.9 Å². The fourth-order valence-electron chi connectivity index (χ4n) is 8.30. The minimum atomic E-state index is -0.0275. The van der Waals surface area contributed by atoms with Gasteiger partial charge in [0.25, 0.3) is 0 Å². The number of esters is 1. The van der Waals surface area contributed by atoms with Gasteiger partial charge in [0.05, 0.1) is 7.11 Å². The molecule has 4 aliphatic rings. The largest absolute Gasteiger partial charge is 0.469 e. The van der Waals surface area contributed by atoms with E-state index >= 15 is 0 Å². The van der Waals surface area contributed by atoms with E-state index in [2.05, 4.69) is 32.9 Å². The number of carbonyl (C=O) groups is 1. The van der Waals surface area contributed by atoms with Crippen LogP contribution >= 0.6 is 0 Å². The van der Waals surface area contributed by atoms with Gasteiger partial charge in [0, 0.05) is 6.42 Å². The Morgan fingerprint density at radius 3 is 2.62 bits per heavy atom. The van der Waals surface area contributed by atoms with E-state index in [0.717, 1.165) is 23.7 Å². The molecule has 0 spiro atoms. The molecule has 0 saturated heterocycles. The van der Waals surface area contributed by atoms with E-state index in [1.54, 1.807) is 0 Å². The average Bonchev–Trinajstić information content (AvgIpc) is 2.98. The molecule has 0 heterocycles. The summed E-state index contributed by atoms with van der Waals surface area (Å²) in [5, 5.41) is 0. The summed E-state index contributed by atoms with van der Waals surface area (Å²) < 4.78 is 4.96. The zero-order chi connectivity index (χ0) is 18.5.